The summed E-state index contributed by atoms with van der Waals surface area (Å²) in [4.78, 5) is 4.24. The average Bonchev–Trinajstić information content (AvgIpc) is 2.35. The van der Waals surface area contributed by atoms with E-state index in [1.807, 2.05) is 24.0 Å². The van der Waals surface area contributed by atoms with Gasteiger partial charge in [0.25, 0.3) is 0 Å². The summed E-state index contributed by atoms with van der Waals surface area (Å²) in [6, 6.07) is 0. The number of nitrogens with one attached hydrogen (secondary N) is 1. The molecule has 1 aromatic rings. The molecule has 0 aliphatic carbocycles. The first-order chi connectivity index (χ1) is 6.05. The minimum absolute atomic E-state index is 0.133. The van der Waals surface area contributed by atoms with E-state index in [0.717, 1.165) is 12.4 Å². The van der Waals surface area contributed by atoms with Crippen LogP contribution in [-0.4, -0.2) is 15.1 Å². The lowest BCUT2D eigenvalue weighted by atomic mass is 9.99. The molecule has 0 fully saturated rings. The molecule has 0 saturated heterocycles. The zero-order chi connectivity index (χ0) is 9.90. The van der Waals surface area contributed by atoms with Crippen molar-refractivity contribution in [3.8, 4) is 0 Å². The maximum atomic E-state index is 4.24. The molecule has 0 bridgehead atoms. The Morgan fingerprint density at radius 2 is 2.23 bits per heavy atom. The standard InChI is InChI=1S/C10H19N3/c1-5-6-10(2,3)12-9-11-7-8-13(9)4/h7-8H,5-6H2,1-4H3,(H,11,12). The first kappa shape index (κ1) is 10.1. The van der Waals surface area contributed by atoms with Crippen molar-refractivity contribution in [1.82, 2.24) is 9.55 Å². The molecule has 0 atom stereocenters. The zero-order valence-corrected chi connectivity index (χ0v) is 8.96. The largest absolute Gasteiger partial charge is 0.351 e. The summed E-state index contributed by atoms with van der Waals surface area (Å²) in [5.41, 5.74) is 0.133. The number of hydrogen-bond donors (Lipinski definition) is 1. The smallest absolute Gasteiger partial charge is 0.202 e. The molecule has 0 aromatic carbocycles. The molecular weight excluding hydrogens is 162 g/mol. The molecule has 0 spiro atoms. The number of anilines is 1. The van der Waals surface area contributed by atoms with Gasteiger partial charge >= 0.3 is 0 Å². The van der Waals surface area contributed by atoms with Crippen molar-refractivity contribution < 1.29 is 0 Å². The molecule has 1 aromatic heterocycles. The van der Waals surface area contributed by atoms with Crippen LogP contribution in [0.3, 0.4) is 0 Å². The fourth-order valence-electron chi connectivity index (χ4n) is 1.48. The van der Waals surface area contributed by atoms with Crippen LogP contribution in [0.1, 0.15) is 33.6 Å². The quantitative estimate of drug-likeness (QED) is 0.773. The predicted molar refractivity (Wildman–Crippen MR) is 55.8 cm³/mol. The first-order valence-corrected chi connectivity index (χ1v) is 4.80. The number of nitrogens with zero attached hydrogens (tertiary/aromatic N) is 2. The van der Waals surface area contributed by atoms with E-state index in [0.29, 0.717) is 0 Å². The van der Waals surface area contributed by atoms with Crippen molar-refractivity contribution in [3.05, 3.63) is 12.4 Å². The zero-order valence-electron chi connectivity index (χ0n) is 8.96. The SMILES string of the molecule is CCCC(C)(C)Nc1nccn1C. The van der Waals surface area contributed by atoms with Gasteiger partial charge in [-0.1, -0.05) is 13.3 Å². The van der Waals surface area contributed by atoms with E-state index >= 15 is 0 Å². The topological polar surface area (TPSA) is 29.9 Å². The lowest BCUT2D eigenvalue weighted by Gasteiger charge is -2.26. The third kappa shape index (κ3) is 2.76. The predicted octanol–water partition coefficient (Wildman–Crippen LogP) is 2.41. The normalized spacial score (nSPS) is 11.7. The number of aryl methyl sites for hydroxylation is 1. The van der Waals surface area contributed by atoms with E-state index in [2.05, 4.69) is 31.1 Å². The van der Waals surface area contributed by atoms with Crippen molar-refractivity contribution in [2.24, 2.45) is 7.05 Å². The van der Waals surface area contributed by atoms with E-state index in [4.69, 9.17) is 0 Å². The van der Waals surface area contributed by atoms with E-state index in [-0.39, 0.29) is 5.54 Å². The third-order valence-corrected chi connectivity index (χ3v) is 2.15. The van der Waals surface area contributed by atoms with Crippen molar-refractivity contribution in [2.75, 3.05) is 5.32 Å². The second-order valence-corrected chi connectivity index (χ2v) is 4.12. The van der Waals surface area contributed by atoms with Crippen LogP contribution in [0.15, 0.2) is 12.4 Å². The summed E-state index contributed by atoms with van der Waals surface area (Å²) >= 11 is 0. The van der Waals surface area contributed by atoms with E-state index in [9.17, 15) is 0 Å². The molecule has 0 amide bonds. The average molecular weight is 181 g/mol. The van der Waals surface area contributed by atoms with Gasteiger partial charge in [0.05, 0.1) is 0 Å². The second kappa shape index (κ2) is 3.81. The maximum Gasteiger partial charge on any atom is 0.202 e. The van der Waals surface area contributed by atoms with Gasteiger partial charge in [-0.3, -0.25) is 0 Å². The third-order valence-electron chi connectivity index (χ3n) is 2.15. The van der Waals surface area contributed by atoms with Gasteiger partial charge in [0.2, 0.25) is 5.95 Å². The summed E-state index contributed by atoms with van der Waals surface area (Å²) in [5.74, 6) is 0.943. The fraction of sp³-hybridized carbons (Fsp3) is 0.700. The Morgan fingerprint density at radius 3 is 2.69 bits per heavy atom. The molecule has 1 rings (SSSR count). The van der Waals surface area contributed by atoms with E-state index < -0.39 is 0 Å². The molecule has 0 aliphatic heterocycles. The van der Waals surface area contributed by atoms with Crippen LogP contribution in [0.5, 0.6) is 0 Å². The molecule has 3 heteroatoms. The Labute approximate surface area is 80.2 Å². The highest BCUT2D eigenvalue weighted by molar-refractivity contribution is 5.29. The molecule has 0 aliphatic rings. The Balaban J connectivity index is 2.63. The minimum Gasteiger partial charge on any atom is -0.351 e. The number of rotatable bonds is 4. The highest BCUT2D eigenvalue weighted by Gasteiger charge is 2.17. The van der Waals surface area contributed by atoms with Crippen molar-refractivity contribution >= 4 is 5.95 Å². The summed E-state index contributed by atoms with van der Waals surface area (Å²) in [7, 11) is 2.00. The molecule has 0 unspecified atom stereocenters. The van der Waals surface area contributed by atoms with E-state index in [1.54, 1.807) is 0 Å². The van der Waals surface area contributed by atoms with Crippen LogP contribution in [0.2, 0.25) is 0 Å². The Kier molecular flexibility index (Phi) is 2.96. The van der Waals surface area contributed by atoms with Crippen LogP contribution < -0.4 is 5.32 Å². The monoisotopic (exact) mass is 181 g/mol. The Morgan fingerprint density at radius 1 is 1.54 bits per heavy atom. The van der Waals surface area contributed by atoms with Gasteiger partial charge in [-0.15, -0.1) is 0 Å². The number of imidazole rings is 1. The molecule has 0 saturated carbocycles. The summed E-state index contributed by atoms with van der Waals surface area (Å²) in [6.45, 7) is 6.60. The molecule has 3 nitrogen and oxygen atoms in total. The number of hydrogen-bond acceptors (Lipinski definition) is 2. The summed E-state index contributed by atoms with van der Waals surface area (Å²) < 4.78 is 2.00. The van der Waals surface area contributed by atoms with Crippen molar-refractivity contribution in [3.63, 3.8) is 0 Å². The first-order valence-electron chi connectivity index (χ1n) is 4.80. The molecule has 0 radical (unpaired) electrons. The van der Waals surface area contributed by atoms with Gasteiger partial charge in [-0.2, -0.15) is 0 Å². The highest BCUT2D eigenvalue weighted by atomic mass is 15.2. The minimum atomic E-state index is 0.133. The van der Waals surface area contributed by atoms with Crippen LogP contribution in [0.25, 0.3) is 0 Å². The summed E-state index contributed by atoms with van der Waals surface area (Å²) in [6.07, 6.45) is 6.10. The van der Waals surface area contributed by atoms with Crippen molar-refractivity contribution in [1.29, 1.82) is 0 Å². The Bertz CT molecular complexity index is 263. The van der Waals surface area contributed by atoms with Crippen molar-refractivity contribution in [2.45, 2.75) is 39.2 Å². The molecular formula is C10H19N3. The van der Waals surface area contributed by atoms with E-state index in [1.165, 1.54) is 6.42 Å². The lowest BCUT2D eigenvalue weighted by molar-refractivity contribution is 0.504. The molecule has 1 heterocycles. The summed E-state index contributed by atoms with van der Waals surface area (Å²) in [5, 5.41) is 3.42. The van der Waals surface area contributed by atoms with Gasteiger partial charge < -0.3 is 9.88 Å². The van der Waals surface area contributed by atoms with Crippen LogP contribution in [0.4, 0.5) is 5.95 Å². The fourth-order valence-corrected chi connectivity index (χ4v) is 1.48. The van der Waals surface area contributed by atoms with Gasteiger partial charge in [-0.05, 0) is 20.3 Å². The number of aromatic nitrogens is 2. The van der Waals surface area contributed by atoms with Crippen LogP contribution in [-0.2, 0) is 7.05 Å². The van der Waals surface area contributed by atoms with Crippen LogP contribution >= 0.6 is 0 Å². The lowest BCUT2D eigenvalue weighted by Crippen LogP contribution is -2.31. The maximum absolute atomic E-state index is 4.24. The van der Waals surface area contributed by atoms with Gasteiger partial charge in [0.1, 0.15) is 0 Å². The van der Waals surface area contributed by atoms with Gasteiger partial charge in [0.15, 0.2) is 0 Å². The molecule has 13 heavy (non-hydrogen) atoms. The Hall–Kier alpha value is -0.990. The second-order valence-electron chi connectivity index (χ2n) is 4.12. The highest BCUT2D eigenvalue weighted by Crippen LogP contribution is 2.17. The van der Waals surface area contributed by atoms with Gasteiger partial charge in [-0.25, -0.2) is 4.98 Å². The molecule has 1 N–H and O–H groups in total. The van der Waals surface area contributed by atoms with Crippen LogP contribution in [0, 0.1) is 0 Å². The molecule has 74 valence electrons. The van der Waals surface area contributed by atoms with Gasteiger partial charge in [0, 0.05) is 25.0 Å².